The van der Waals surface area contributed by atoms with Crippen LogP contribution in [0.2, 0.25) is 0 Å². The first kappa shape index (κ1) is 20.9. The monoisotopic (exact) mass is 397 g/mol. The van der Waals surface area contributed by atoms with E-state index < -0.39 is 33.9 Å². The van der Waals surface area contributed by atoms with Crippen LogP contribution in [0, 0.1) is 0 Å². The first-order valence-corrected chi connectivity index (χ1v) is 10.4. The average Bonchev–Trinajstić information content (AvgIpc) is 2.90. The van der Waals surface area contributed by atoms with Crippen molar-refractivity contribution >= 4 is 27.5 Å². The van der Waals surface area contributed by atoms with E-state index in [2.05, 4.69) is 5.32 Å². The smallest absolute Gasteiger partial charge is 0.344 e. The Kier molecular flexibility index (Phi) is 6.59. The fraction of sp³-hybridized carbons (Fsp3) is 0.500. The summed E-state index contributed by atoms with van der Waals surface area (Å²) < 4.78 is 33.1. The summed E-state index contributed by atoms with van der Waals surface area (Å²) in [5, 5.41) is 2.59. The highest BCUT2D eigenvalue weighted by Crippen LogP contribution is 2.22. The molecule has 0 bridgehead atoms. The highest BCUT2D eigenvalue weighted by Gasteiger charge is 2.39. The van der Waals surface area contributed by atoms with Gasteiger partial charge < -0.3 is 14.8 Å². The van der Waals surface area contributed by atoms with Crippen LogP contribution >= 0.6 is 0 Å². The van der Waals surface area contributed by atoms with Crippen LogP contribution in [-0.2, 0) is 24.2 Å². The Morgan fingerprint density at radius 3 is 2.37 bits per heavy atom. The quantitative estimate of drug-likeness (QED) is 0.512. The van der Waals surface area contributed by atoms with Gasteiger partial charge in [-0.25, -0.2) is 13.2 Å². The lowest BCUT2D eigenvalue weighted by Crippen LogP contribution is -2.48. The Bertz CT molecular complexity index is 817. The summed E-state index contributed by atoms with van der Waals surface area (Å²) in [5.41, 5.74) is -0.275. The molecule has 0 spiro atoms. The van der Waals surface area contributed by atoms with Crippen molar-refractivity contribution in [2.75, 3.05) is 24.7 Å². The largest absolute Gasteiger partial charge is 0.482 e. The molecule has 0 saturated carbocycles. The summed E-state index contributed by atoms with van der Waals surface area (Å²) in [4.78, 5) is 35.1. The number of sulfone groups is 1. The Morgan fingerprint density at radius 2 is 1.81 bits per heavy atom. The van der Waals surface area contributed by atoms with Gasteiger partial charge in [0, 0.05) is 12.0 Å². The number of ketones is 1. The molecular weight excluding hydrogens is 374 g/mol. The minimum Gasteiger partial charge on any atom is -0.482 e. The molecule has 1 heterocycles. The third-order valence-corrected chi connectivity index (χ3v) is 6.07. The number of hydrogen-bond acceptors (Lipinski definition) is 7. The highest BCUT2D eigenvalue weighted by molar-refractivity contribution is 7.91. The molecule has 0 unspecified atom stereocenters. The Balaban J connectivity index is 1.73. The van der Waals surface area contributed by atoms with Crippen molar-refractivity contribution in [3.05, 3.63) is 29.8 Å². The van der Waals surface area contributed by atoms with E-state index in [1.807, 2.05) is 0 Å². The molecule has 1 aliphatic heterocycles. The number of nitrogens with one attached hydrogen (secondary N) is 1. The number of carbonyl (C=O) groups is 3. The summed E-state index contributed by atoms with van der Waals surface area (Å²) >= 11 is 0. The van der Waals surface area contributed by atoms with E-state index in [9.17, 15) is 22.8 Å². The molecule has 0 aliphatic carbocycles. The SMILES string of the molecule is CCC(=O)c1ccc(OCC(=O)OCC(=O)N[C@@]2(C)CCS(=O)(=O)C2)cc1. The number of rotatable bonds is 8. The van der Waals surface area contributed by atoms with Gasteiger partial charge in [-0.2, -0.15) is 0 Å². The lowest BCUT2D eigenvalue weighted by Gasteiger charge is -2.23. The number of hydrogen-bond donors (Lipinski definition) is 1. The molecule has 1 saturated heterocycles. The zero-order valence-electron chi connectivity index (χ0n) is 15.3. The van der Waals surface area contributed by atoms with Crippen LogP contribution in [0.4, 0.5) is 0 Å². The van der Waals surface area contributed by atoms with Gasteiger partial charge >= 0.3 is 5.97 Å². The second kappa shape index (κ2) is 8.51. The minimum atomic E-state index is -3.14. The number of benzene rings is 1. The topological polar surface area (TPSA) is 116 Å². The second-order valence-electron chi connectivity index (χ2n) is 6.70. The fourth-order valence-electron chi connectivity index (χ4n) is 2.75. The van der Waals surface area contributed by atoms with Crippen molar-refractivity contribution in [2.45, 2.75) is 32.2 Å². The molecule has 2 rings (SSSR count). The molecule has 1 N–H and O–H groups in total. The summed E-state index contributed by atoms with van der Waals surface area (Å²) in [6.45, 7) is 2.51. The first-order valence-electron chi connectivity index (χ1n) is 8.55. The predicted molar refractivity (Wildman–Crippen MR) is 97.3 cm³/mol. The van der Waals surface area contributed by atoms with Gasteiger partial charge in [0.15, 0.2) is 28.8 Å². The first-order chi connectivity index (χ1) is 12.6. The van der Waals surface area contributed by atoms with Gasteiger partial charge in [-0.1, -0.05) is 6.92 Å². The van der Waals surface area contributed by atoms with E-state index in [-0.39, 0.29) is 23.9 Å². The maximum Gasteiger partial charge on any atom is 0.344 e. The van der Waals surface area contributed by atoms with Gasteiger partial charge in [-0.3, -0.25) is 9.59 Å². The van der Waals surface area contributed by atoms with Crippen LogP contribution < -0.4 is 10.1 Å². The lowest BCUT2D eigenvalue weighted by atomic mass is 10.0. The van der Waals surface area contributed by atoms with E-state index in [1.165, 1.54) is 0 Å². The van der Waals surface area contributed by atoms with Crippen molar-refractivity contribution in [3.8, 4) is 5.75 Å². The molecule has 0 radical (unpaired) electrons. The van der Waals surface area contributed by atoms with Crippen LogP contribution in [0.25, 0.3) is 0 Å². The third-order valence-electron chi connectivity index (χ3n) is 4.16. The van der Waals surface area contributed by atoms with E-state index in [0.717, 1.165) is 0 Å². The highest BCUT2D eigenvalue weighted by atomic mass is 32.2. The van der Waals surface area contributed by atoms with Crippen LogP contribution in [0.3, 0.4) is 0 Å². The molecular formula is C18H23NO7S. The predicted octanol–water partition coefficient (Wildman–Crippen LogP) is 0.895. The zero-order valence-corrected chi connectivity index (χ0v) is 16.1. The van der Waals surface area contributed by atoms with Crippen molar-refractivity contribution in [1.82, 2.24) is 5.32 Å². The number of ether oxygens (including phenoxy) is 2. The van der Waals surface area contributed by atoms with Gasteiger partial charge in [-0.05, 0) is 37.6 Å². The molecule has 0 aromatic heterocycles. The molecule has 1 atom stereocenters. The van der Waals surface area contributed by atoms with Gasteiger partial charge in [0.05, 0.1) is 17.0 Å². The van der Waals surface area contributed by atoms with Crippen molar-refractivity contribution in [1.29, 1.82) is 0 Å². The average molecular weight is 397 g/mol. The molecule has 1 fully saturated rings. The van der Waals surface area contributed by atoms with Gasteiger partial charge in [0.25, 0.3) is 5.91 Å². The molecule has 9 heteroatoms. The van der Waals surface area contributed by atoms with E-state index in [0.29, 0.717) is 24.2 Å². The Labute approximate surface area is 158 Å². The number of esters is 1. The van der Waals surface area contributed by atoms with Crippen LogP contribution in [-0.4, -0.2) is 56.3 Å². The van der Waals surface area contributed by atoms with E-state index in [4.69, 9.17) is 9.47 Å². The van der Waals surface area contributed by atoms with Crippen LogP contribution in [0.15, 0.2) is 24.3 Å². The number of carbonyl (C=O) groups excluding carboxylic acids is 3. The van der Waals surface area contributed by atoms with Gasteiger partial charge in [-0.15, -0.1) is 0 Å². The van der Waals surface area contributed by atoms with Crippen molar-refractivity contribution < 1.29 is 32.3 Å². The summed E-state index contributed by atoms with van der Waals surface area (Å²) in [5.74, 6) is -0.990. The van der Waals surface area contributed by atoms with E-state index in [1.54, 1.807) is 38.1 Å². The molecule has 1 aromatic carbocycles. The second-order valence-corrected chi connectivity index (χ2v) is 8.89. The molecule has 1 aliphatic rings. The number of Topliss-reactive ketones (excluding diaryl/α,β-unsaturated/α-hetero) is 1. The normalized spacial score (nSPS) is 20.7. The Morgan fingerprint density at radius 1 is 1.15 bits per heavy atom. The maximum absolute atomic E-state index is 11.9. The van der Waals surface area contributed by atoms with Crippen LogP contribution in [0.1, 0.15) is 37.0 Å². The molecule has 8 nitrogen and oxygen atoms in total. The molecule has 1 amide bonds. The summed E-state index contributed by atoms with van der Waals surface area (Å²) in [6.07, 6.45) is 0.730. The van der Waals surface area contributed by atoms with Crippen molar-refractivity contribution in [3.63, 3.8) is 0 Å². The number of amides is 1. The third kappa shape index (κ3) is 6.35. The lowest BCUT2D eigenvalue weighted by molar-refractivity contribution is -0.150. The summed E-state index contributed by atoms with van der Waals surface area (Å²) in [6, 6.07) is 6.36. The molecule has 27 heavy (non-hydrogen) atoms. The van der Waals surface area contributed by atoms with Gasteiger partial charge in [0.1, 0.15) is 5.75 Å². The van der Waals surface area contributed by atoms with Crippen LogP contribution in [0.5, 0.6) is 5.75 Å². The minimum absolute atomic E-state index is 0.00994. The van der Waals surface area contributed by atoms with Gasteiger partial charge in [0.2, 0.25) is 0 Å². The Hall–Kier alpha value is -2.42. The zero-order chi connectivity index (χ0) is 20.1. The molecule has 148 valence electrons. The standard InChI is InChI=1S/C18H23NO7S/c1-3-15(20)13-4-6-14(7-5-13)25-11-17(22)26-10-16(21)19-18(2)8-9-27(23,24)12-18/h4-7H,3,8-12H2,1-2H3,(H,19,21)/t18-/m0/s1. The maximum atomic E-state index is 11.9. The molecule has 1 aromatic rings. The fourth-order valence-corrected chi connectivity index (χ4v) is 4.85. The van der Waals surface area contributed by atoms with Crippen molar-refractivity contribution in [2.24, 2.45) is 0 Å². The summed E-state index contributed by atoms with van der Waals surface area (Å²) in [7, 11) is -3.14. The van der Waals surface area contributed by atoms with E-state index >= 15 is 0 Å².